The maximum Gasteiger partial charge on any atom is 0.291 e. The second kappa shape index (κ2) is 8.66. The Bertz CT molecular complexity index is 1220. The number of ether oxygens (including phenoxy) is 2. The molecule has 1 amide bonds. The van der Waals surface area contributed by atoms with Crippen LogP contribution < -0.4 is 14.8 Å². The zero-order valence-electron chi connectivity index (χ0n) is 16.7. The molecule has 0 aliphatic rings. The number of anilines is 1. The van der Waals surface area contributed by atoms with Gasteiger partial charge in [0.1, 0.15) is 23.9 Å². The number of methoxy groups -OCH3 is 1. The van der Waals surface area contributed by atoms with Crippen LogP contribution in [-0.2, 0) is 6.61 Å². The van der Waals surface area contributed by atoms with Gasteiger partial charge in [0.05, 0.1) is 7.11 Å². The number of carbonyl (C=O) groups excluding carboxylic acids is 1. The summed E-state index contributed by atoms with van der Waals surface area (Å²) in [7, 11) is 1.55. The first-order valence-corrected chi connectivity index (χ1v) is 9.26. The molecule has 0 aliphatic carbocycles. The molecular formula is C21H18FN5O4. The van der Waals surface area contributed by atoms with E-state index in [1.54, 1.807) is 32.2 Å². The molecule has 0 saturated heterocycles. The first-order chi connectivity index (χ1) is 15.0. The Kier molecular flexibility index (Phi) is 5.61. The second-order valence-corrected chi connectivity index (χ2v) is 6.46. The minimum atomic E-state index is -0.526. The molecule has 2 aromatic carbocycles. The number of nitrogens with one attached hydrogen (secondary N) is 1. The number of furan rings is 1. The van der Waals surface area contributed by atoms with Crippen LogP contribution in [0.3, 0.4) is 0 Å². The Labute approximate surface area is 176 Å². The molecule has 0 unspecified atom stereocenters. The summed E-state index contributed by atoms with van der Waals surface area (Å²) in [5, 5.41) is 13.7. The summed E-state index contributed by atoms with van der Waals surface area (Å²) >= 11 is 0. The average molecular weight is 423 g/mol. The maximum atomic E-state index is 14.2. The number of aromatic nitrogens is 4. The standard InChI is InChI=1S/C21H18FN5O4/c1-13-24-25-26-27(13)17-11-14(7-9-16(17)22)23-21(28)20-10-8-15(31-20)12-30-19-6-4-3-5-18(19)29-2/h3-11H,12H2,1-2H3,(H,23,28). The SMILES string of the molecule is COc1ccccc1OCc1ccc(C(=O)Nc2ccc(F)c(-n3nnnc3C)c2)o1. The van der Waals surface area contributed by atoms with Crippen molar-refractivity contribution in [3.05, 3.63) is 77.8 Å². The highest BCUT2D eigenvalue weighted by molar-refractivity contribution is 6.02. The summed E-state index contributed by atoms with van der Waals surface area (Å²) in [6.45, 7) is 1.76. The number of aryl methyl sites for hydroxylation is 1. The number of nitrogens with zero attached hydrogens (tertiary/aromatic N) is 4. The molecule has 0 bridgehead atoms. The number of benzene rings is 2. The van der Waals surface area contributed by atoms with Crippen LogP contribution in [-0.4, -0.2) is 33.2 Å². The third-order valence-corrected chi connectivity index (χ3v) is 4.38. The molecule has 4 rings (SSSR count). The number of hydrogen-bond acceptors (Lipinski definition) is 7. The molecule has 4 aromatic rings. The van der Waals surface area contributed by atoms with E-state index < -0.39 is 11.7 Å². The highest BCUT2D eigenvalue weighted by Gasteiger charge is 2.15. The van der Waals surface area contributed by atoms with Crippen molar-refractivity contribution in [1.29, 1.82) is 0 Å². The van der Waals surface area contributed by atoms with Gasteiger partial charge in [-0.15, -0.1) is 5.10 Å². The smallest absolute Gasteiger partial charge is 0.291 e. The van der Waals surface area contributed by atoms with E-state index in [0.29, 0.717) is 28.8 Å². The first-order valence-electron chi connectivity index (χ1n) is 9.26. The highest BCUT2D eigenvalue weighted by Crippen LogP contribution is 2.27. The van der Waals surface area contributed by atoms with Gasteiger partial charge in [-0.05, 0) is 59.8 Å². The molecular weight excluding hydrogens is 405 g/mol. The van der Waals surface area contributed by atoms with Crippen molar-refractivity contribution in [3.63, 3.8) is 0 Å². The number of hydrogen-bond donors (Lipinski definition) is 1. The van der Waals surface area contributed by atoms with Gasteiger partial charge in [-0.25, -0.2) is 4.39 Å². The van der Waals surface area contributed by atoms with Crippen molar-refractivity contribution in [2.75, 3.05) is 12.4 Å². The topological polar surface area (TPSA) is 104 Å². The van der Waals surface area contributed by atoms with E-state index in [9.17, 15) is 9.18 Å². The Morgan fingerprint density at radius 2 is 1.97 bits per heavy atom. The zero-order valence-corrected chi connectivity index (χ0v) is 16.7. The Morgan fingerprint density at radius 3 is 2.71 bits per heavy atom. The van der Waals surface area contributed by atoms with Crippen LogP contribution in [0.2, 0.25) is 0 Å². The third kappa shape index (κ3) is 4.37. The zero-order chi connectivity index (χ0) is 21.8. The molecule has 9 nitrogen and oxygen atoms in total. The van der Waals surface area contributed by atoms with E-state index in [1.165, 1.54) is 28.9 Å². The first kappa shape index (κ1) is 20.1. The van der Waals surface area contributed by atoms with Crippen LogP contribution in [0.5, 0.6) is 11.5 Å². The molecule has 1 N–H and O–H groups in total. The van der Waals surface area contributed by atoms with Crippen molar-refractivity contribution in [1.82, 2.24) is 20.2 Å². The molecule has 0 aliphatic heterocycles. The highest BCUT2D eigenvalue weighted by atomic mass is 19.1. The van der Waals surface area contributed by atoms with Crippen LogP contribution >= 0.6 is 0 Å². The van der Waals surface area contributed by atoms with Gasteiger partial charge in [-0.2, -0.15) is 4.68 Å². The molecule has 2 aromatic heterocycles. The number of tetrazole rings is 1. The summed E-state index contributed by atoms with van der Waals surface area (Å²) in [5.74, 6) is 1.09. The Morgan fingerprint density at radius 1 is 1.16 bits per heavy atom. The molecule has 2 heterocycles. The molecule has 158 valence electrons. The summed E-state index contributed by atoms with van der Waals surface area (Å²) in [4.78, 5) is 12.5. The molecule has 0 fully saturated rings. The van der Waals surface area contributed by atoms with Crippen molar-refractivity contribution in [3.8, 4) is 17.2 Å². The maximum absolute atomic E-state index is 14.2. The molecule has 0 spiro atoms. The number of amides is 1. The third-order valence-electron chi connectivity index (χ3n) is 4.38. The van der Waals surface area contributed by atoms with E-state index in [1.807, 2.05) is 12.1 Å². The van der Waals surface area contributed by atoms with Crippen LogP contribution in [0.1, 0.15) is 22.1 Å². The predicted molar refractivity (Wildman–Crippen MR) is 108 cm³/mol. The summed E-state index contributed by atoms with van der Waals surface area (Å²) < 4.78 is 31.9. The van der Waals surface area contributed by atoms with Gasteiger partial charge >= 0.3 is 0 Å². The summed E-state index contributed by atoms with van der Waals surface area (Å²) in [5.41, 5.74) is 0.477. The number of carbonyl (C=O) groups is 1. The van der Waals surface area contributed by atoms with Gasteiger partial charge in [0.2, 0.25) is 0 Å². The molecule has 0 atom stereocenters. The average Bonchev–Trinajstić information content (AvgIpc) is 3.43. The summed E-state index contributed by atoms with van der Waals surface area (Å²) in [6.07, 6.45) is 0. The molecule has 31 heavy (non-hydrogen) atoms. The number of para-hydroxylation sites is 2. The minimum absolute atomic E-state index is 0.0862. The second-order valence-electron chi connectivity index (χ2n) is 6.46. The number of rotatable bonds is 7. The fourth-order valence-corrected chi connectivity index (χ4v) is 2.86. The fourth-order valence-electron chi connectivity index (χ4n) is 2.86. The van der Waals surface area contributed by atoms with Crippen LogP contribution in [0.4, 0.5) is 10.1 Å². The predicted octanol–water partition coefficient (Wildman–Crippen LogP) is 3.54. The Balaban J connectivity index is 1.44. The van der Waals surface area contributed by atoms with Crippen molar-refractivity contribution >= 4 is 11.6 Å². The van der Waals surface area contributed by atoms with Gasteiger partial charge in [-0.1, -0.05) is 12.1 Å². The lowest BCUT2D eigenvalue weighted by Crippen LogP contribution is -2.12. The van der Waals surface area contributed by atoms with E-state index in [2.05, 4.69) is 20.8 Å². The normalized spacial score (nSPS) is 10.7. The quantitative estimate of drug-likeness (QED) is 0.485. The van der Waals surface area contributed by atoms with Crippen LogP contribution in [0, 0.1) is 12.7 Å². The van der Waals surface area contributed by atoms with E-state index >= 15 is 0 Å². The van der Waals surface area contributed by atoms with E-state index in [-0.39, 0.29) is 18.1 Å². The van der Waals surface area contributed by atoms with Crippen LogP contribution in [0.25, 0.3) is 5.69 Å². The summed E-state index contributed by atoms with van der Waals surface area (Å²) in [6, 6.07) is 14.5. The fraction of sp³-hybridized carbons (Fsp3) is 0.143. The molecule has 0 radical (unpaired) electrons. The lowest BCUT2D eigenvalue weighted by Gasteiger charge is -2.09. The van der Waals surface area contributed by atoms with Crippen molar-refractivity contribution in [2.45, 2.75) is 13.5 Å². The van der Waals surface area contributed by atoms with E-state index in [4.69, 9.17) is 13.9 Å². The van der Waals surface area contributed by atoms with Crippen LogP contribution in [0.15, 0.2) is 59.0 Å². The number of halogens is 1. The van der Waals surface area contributed by atoms with Gasteiger partial charge < -0.3 is 19.2 Å². The van der Waals surface area contributed by atoms with Gasteiger partial charge in [0.25, 0.3) is 5.91 Å². The van der Waals surface area contributed by atoms with Gasteiger partial charge in [0.15, 0.2) is 23.1 Å². The Hall–Kier alpha value is -4.21. The minimum Gasteiger partial charge on any atom is -0.493 e. The van der Waals surface area contributed by atoms with Crippen molar-refractivity contribution in [2.24, 2.45) is 0 Å². The van der Waals surface area contributed by atoms with Crippen molar-refractivity contribution < 1.29 is 23.1 Å². The van der Waals surface area contributed by atoms with Gasteiger partial charge in [0, 0.05) is 5.69 Å². The van der Waals surface area contributed by atoms with Gasteiger partial charge in [-0.3, -0.25) is 4.79 Å². The monoisotopic (exact) mass is 423 g/mol. The lowest BCUT2D eigenvalue weighted by molar-refractivity contribution is 0.0992. The largest absolute Gasteiger partial charge is 0.493 e. The van der Waals surface area contributed by atoms with E-state index in [0.717, 1.165) is 0 Å². The molecule has 10 heteroatoms. The lowest BCUT2D eigenvalue weighted by atomic mass is 10.2. The molecule has 0 saturated carbocycles.